The minimum absolute atomic E-state index is 0.140. The van der Waals surface area contributed by atoms with Gasteiger partial charge in [0.2, 0.25) is 0 Å². The lowest BCUT2D eigenvalue weighted by Gasteiger charge is -2.28. The van der Waals surface area contributed by atoms with E-state index >= 15 is 0 Å². The molecule has 0 N–H and O–H groups in total. The van der Waals surface area contributed by atoms with Crippen LogP contribution in [0.3, 0.4) is 0 Å². The summed E-state index contributed by atoms with van der Waals surface area (Å²) in [6.07, 6.45) is 4.01. The van der Waals surface area contributed by atoms with Crippen molar-refractivity contribution in [1.82, 2.24) is 9.88 Å². The van der Waals surface area contributed by atoms with Crippen LogP contribution in [-0.4, -0.2) is 37.2 Å². The van der Waals surface area contributed by atoms with Crippen LogP contribution in [0.25, 0.3) is 0 Å². The predicted octanol–water partition coefficient (Wildman–Crippen LogP) is 4.18. The van der Waals surface area contributed by atoms with Gasteiger partial charge >= 0.3 is 0 Å². The Hall–Kier alpha value is -1.42. The molecule has 1 atom stereocenters. The summed E-state index contributed by atoms with van der Waals surface area (Å²) in [4.78, 5) is 6.88. The van der Waals surface area contributed by atoms with E-state index in [1.54, 1.807) is 7.11 Å². The van der Waals surface area contributed by atoms with Crippen molar-refractivity contribution in [3.63, 3.8) is 0 Å². The highest BCUT2D eigenvalue weighted by Crippen LogP contribution is 2.27. The monoisotopic (exact) mass is 318 g/mol. The first-order chi connectivity index (χ1) is 10.7. The molecule has 0 radical (unpaired) electrons. The van der Waals surface area contributed by atoms with E-state index in [4.69, 9.17) is 16.3 Å². The van der Waals surface area contributed by atoms with Crippen molar-refractivity contribution in [3.8, 4) is 0 Å². The zero-order chi connectivity index (χ0) is 15.8. The highest BCUT2D eigenvalue weighted by molar-refractivity contribution is 6.30. The number of nitrogens with zero attached hydrogens (tertiary/aromatic N) is 2. The number of rotatable bonds is 8. The number of halogens is 1. The molecular weight excluding hydrogens is 296 g/mol. The third kappa shape index (κ3) is 4.80. The number of pyridine rings is 1. The smallest absolute Gasteiger partial charge is 0.0773 e. The molecule has 1 aromatic heterocycles. The molecule has 22 heavy (non-hydrogen) atoms. The van der Waals surface area contributed by atoms with Crippen LogP contribution in [0.5, 0.6) is 0 Å². The highest BCUT2D eigenvalue weighted by Gasteiger charge is 2.20. The summed E-state index contributed by atoms with van der Waals surface area (Å²) >= 11 is 6.02. The van der Waals surface area contributed by atoms with E-state index in [1.807, 2.05) is 30.5 Å². The van der Waals surface area contributed by atoms with Crippen molar-refractivity contribution in [1.29, 1.82) is 0 Å². The first kappa shape index (κ1) is 16.9. The lowest BCUT2D eigenvalue weighted by Crippen LogP contribution is -2.27. The van der Waals surface area contributed by atoms with Gasteiger partial charge in [-0.25, -0.2) is 0 Å². The van der Waals surface area contributed by atoms with E-state index in [1.165, 1.54) is 5.56 Å². The second kappa shape index (κ2) is 8.89. The summed E-state index contributed by atoms with van der Waals surface area (Å²) in [7, 11) is 3.88. The second-order valence-corrected chi connectivity index (χ2v) is 5.83. The van der Waals surface area contributed by atoms with Gasteiger partial charge in [0.1, 0.15) is 0 Å². The van der Waals surface area contributed by atoms with Gasteiger partial charge in [0.25, 0.3) is 0 Å². The maximum absolute atomic E-state index is 6.02. The van der Waals surface area contributed by atoms with E-state index in [9.17, 15) is 0 Å². The van der Waals surface area contributed by atoms with Crippen LogP contribution in [-0.2, 0) is 4.74 Å². The molecule has 0 aliphatic heterocycles. The molecule has 2 aromatic rings. The Morgan fingerprint density at radius 3 is 2.55 bits per heavy atom. The quantitative estimate of drug-likeness (QED) is 0.683. The van der Waals surface area contributed by atoms with Gasteiger partial charge in [0, 0.05) is 24.9 Å². The maximum atomic E-state index is 6.02. The van der Waals surface area contributed by atoms with E-state index in [-0.39, 0.29) is 6.04 Å². The Morgan fingerprint density at radius 2 is 1.91 bits per heavy atom. The molecule has 0 bridgehead atoms. The summed E-state index contributed by atoms with van der Waals surface area (Å²) in [5.74, 6) is 0. The first-order valence-electron chi connectivity index (χ1n) is 7.58. The Balaban J connectivity index is 2.16. The molecule has 0 amide bonds. The van der Waals surface area contributed by atoms with Crippen molar-refractivity contribution in [2.75, 3.05) is 27.3 Å². The number of hydrogen-bond acceptors (Lipinski definition) is 3. The molecule has 3 nitrogen and oxygen atoms in total. The van der Waals surface area contributed by atoms with Crippen LogP contribution in [0.4, 0.5) is 0 Å². The highest BCUT2D eigenvalue weighted by atomic mass is 35.5. The van der Waals surface area contributed by atoms with Crippen LogP contribution < -0.4 is 0 Å². The van der Waals surface area contributed by atoms with Crippen molar-refractivity contribution >= 4 is 11.6 Å². The van der Waals surface area contributed by atoms with E-state index in [0.29, 0.717) is 0 Å². The van der Waals surface area contributed by atoms with Crippen molar-refractivity contribution in [3.05, 3.63) is 64.9 Å². The lowest BCUT2D eigenvalue weighted by molar-refractivity contribution is 0.183. The van der Waals surface area contributed by atoms with Crippen LogP contribution in [0.15, 0.2) is 48.7 Å². The van der Waals surface area contributed by atoms with Crippen LogP contribution >= 0.6 is 11.6 Å². The molecule has 0 saturated carbocycles. The molecule has 2 rings (SSSR count). The Labute approximate surface area is 137 Å². The zero-order valence-electron chi connectivity index (χ0n) is 13.2. The standard InChI is InChI=1S/C18H23ClN2O/c1-21(13-5-6-14-22-2)18(17-7-3-4-12-20-17)15-8-10-16(19)11-9-15/h3-4,7-12,18H,5-6,13-14H2,1-2H3. The molecule has 0 aliphatic rings. The van der Waals surface area contributed by atoms with E-state index in [2.05, 4.69) is 35.1 Å². The van der Waals surface area contributed by atoms with Gasteiger partial charge in [-0.05, 0) is 56.3 Å². The molecular formula is C18H23ClN2O. The number of benzene rings is 1. The Morgan fingerprint density at radius 1 is 1.14 bits per heavy atom. The summed E-state index contributed by atoms with van der Waals surface area (Å²) in [6, 6.07) is 14.2. The molecule has 0 aliphatic carbocycles. The van der Waals surface area contributed by atoms with Gasteiger partial charge < -0.3 is 4.74 Å². The Kier molecular flexibility index (Phi) is 6.84. The number of ether oxygens (including phenoxy) is 1. The minimum Gasteiger partial charge on any atom is -0.385 e. The Bertz CT molecular complexity index is 545. The van der Waals surface area contributed by atoms with Gasteiger partial charge in [-0.3, -0.25) is 9.88 Å². The van der Waals surface area contributed by atoms with Gasteiger partial charge in [-0.1, -0.05) is 29.8 Å². The molecule has 1 unspecified atom stereocenters. The summed E-state index contributed by atoms with van der Waals surface area (Å²) in [5.41, 5.74) is 2.26. The minimum atomic E-state index is 0.140. The van der Waals surface area contributed by atoms with Crippen molar-refractivity contribution < 1.29 is 4.74 Å². The SMILES string of the molecule is COCCCCN(C)C(c1ccc(Cl)cc1)c1ccccn1. The molecule has 0 saturated heterocycles. The fraction of sp³-hybridized carbons (Fsp3) is 0.389. The molecule has 1 heterocycles. The maximum Gasteiger partial charge on any atom is 0.0773 e. The first-order valence-corrected chi connectivity index (χ1v) is 7.95. The molecule has 4 heteroatoms. The molecule has 0 spiro atoms. The fourth-order valence-corrected chi connectivity index (χ4v) is 2.70. The van der Waals surface area contributed by atoms with Gasteiger partial charge in [0.05, 0.1) is 11.7 Å². The summed E-state index contributed by atoms with van der Waals surface area (Å²) < 4.78 is 5.12. The predicted molar refractivity (Wildman–Crippen MR) is 91.3 cm³/mol. The summed E-state index contributed by atoms with van der Waals surface area (Å²) in [5, 5.41) is 0.756. The molecule has 0 fully saturated rings. The zero-order valence-corrected chi connectivity index (χ0v) is 14.0. The van der Waals surface area contributed by atoms with Crippen LogP contribution in [0.2, 0.25) is 5.02 Å². The molecule has 1 aromatic carbocycles. The average Bonchev–Trinajstić information content (AvgIpc) is 2.55. The number of hydrogen-bond donors (Lipinski definition) is 0. The largest absolute Gasteiger partial charge is 0.385 e. The van der Waals surface area contributed by atoms with E-state index < -0.39 is 0 Å². The summed E-state index contributed by atoms with van der Waals surface area (Å²) in [6.45, 7) is 1.80. The number of unbranched alkanes of at least 4 members (excludes halogenated alkanes) is 1. The molecule has 118 valence electrons. The average molecular weight is 319 g/mol. The third-order valence-electron chi connectivity index (χ3n) is 3.70. The second-order valence-electron chi connectivity index (χ2n) is 5.39. The number of methoxy groups -OCH3 is 1. The lowest BCUT2D eigenvalue weighted by atomic mass is 10.0. The normalized spacial score (nSPS) is 12.5. The fourth-order valence-electron chi connectivity index (χ4n) is 2.57. The van der Waals surface area contributed by atoms with Gasteiger partial charge in [0.15, 0.2) is 0 Å². The van der Waals surface area contributed by atoms with Gasteiger partial charge in [-0.2, -0.15) is 0 Å². The van der Waals surface area contributed by atoms with Gasteiger partial charge in [-0.15, -0.1) is 0 Å². The van der Waals surface area contributed by atoms with Crippen LogP contribution in [0, 0.1) is 0 Å². The van der Waals surface area contributed by atoms with Crippen molar-refractivity contribution in [2.45, 2.75) is 18.9 Å². The van der Waals surface area contributed by atoms with Crippen LogP contribution in [0.1, 0.15) is 30.1 Å². The van der Waals surface area contributed by atoms with Crippen molar-refractivity contribution in [2.24, 2.45) is 0 Å². The number of aromatic nitrogens is 1. The third-order valence-corrected chi connectivity index (χ3v) is 3.96. The topological polar surface area (TPSA) is 25.4 Å². The van der Waals surface area contributed by atoms with E-state index in [0.717, 1.165) is 36.7 Å².